The van der Waals surface area contributed by atoms with Crippen LogP contribution in [-0.2, 0) is 6.61 Å². The van der Waals surface area contributed by atoms with Crippen LogP contribution in [0, 0.1) is 11.6 Å². The molecule has 0 saturated carbocycles. The Balaban J connectivity index is 1.56. The van der Waals surface area contributed by atoms with Gasteiger partial charge in [-0.2, -0.15) is 9.49 Å². The van der Waals surface area contributed by atoms with Gasteiger partial charge in [-0.05, 0) is 35.4 Å². The van der Waals surface area contributed by atoms with Gasteiger partial charge in [0, 0.05) is 0 Å². The number of anilines is 1. The summed E-state index contributed by atoms with van der Waals surface area (Å²) in [5, 5.41) is 4.16. The number of nitrogens with zero attached hydrogens (tertiary/aromatic N) is 1. The fourth-order valence-corrected chi connectivity index (χ4v) is 2.15. The molecule has 0 heterocycles. The first-order valence-corrected chi connectivity index (χ1v) is 7.72. The van der Waals surface area contributed by atoms with Gasteiger partial charge in [-0.3, -0.25) is 5.43 Å². The highest BCUT2D eigenvalue weighted by molar-refractivity contribution is 5.80. The maximum absolute atomic E-state index is 13.5. The number of ether oxygens (including phenoxy) is 1. The summed E-state index contributed by atoms with van der Waals surface area (Å²) in [5.74, 6) is -1.99. The molecule has 0 aliphatic rings. The van der Waals surface area contributed by atoms with Gasteiger partial charge >= 0.3 is 0 Å². The number of hydrogen-bond acceptors (Lipinski definition) is 3. The van der Waals surface area contributed by atoms with Crippen LogP contribution in [-0.4, -0.2) is 6.21 Å². The summed E-state index contributed by atoms with van der Waals surface area (Å²) < 4.78 is 32.0. The van der Waals surface area contributed by atoms with E-state index in [-0.39, 0.29) is 12.4 Å². The van der Waals surface area contributed by atoms with Gasteiger partial charge in [-0.1, -0.05) is 48.5 Å². The van der Waals surface area contributed by atoms with Gasteiger partial charge < -0.3 is 4.74 Å². The third kappa shape index (κ3) is 4.64. The lowest BCUT2D eigenvalue weighted by Gasteiger charge is -2.07. The first-order chi connectivity index (χ1) is 12.2. The number of hydrazone groups is 1. The van der Waals surface area contributed by atoms with Gasteiger partial charge in [0.05, 0.1) is 11.9 Å². The minimum absolute atomic E-state index is 0.0994. The number of benzene rings is 3. The number of para-hydroxylation sites is 1. The van der Waals surface area contributed by atoms with E-state index in [4.69, 9.17) is 4.74 Å². The smallest absolute Gasteiger partial charge is 0.200 e. The fraction of sp³-hybridized carbons (Fsp3) is 0.0500. The molecule has 5 heteroatoms. The predicted octanol–water partition coefficient (Wildman–Crippen LogP) is 4.99. The van der Waals surface area contributed by atoms with Crippen molar-refractivity contribution < 1.29 is 13.5 Å². The van der Waals surface area contributed by atoms with Gasteiger partial charge in [-0.15, -0.1) is 0 Å². The lowest BCUT2D eigenvalue weighted by Crippen LogP contribution is -1.99. The molecule has 0 fully saturated rings. The molecule has 3 rings (SSSR count). The zero-order valence-corrected chi connectivity index (χ0v) is 13.3. The topological polar surface area (TPSA) is 33.6 Å². The van der Waals surface area contributed by atoms with Crippen molar-refractivity contribution in [1.82, 2.24) is 0 Å². The van der Waals surface area contributed by atoms with Crippen LogP contribution in [0.2, 0.25) is 0 Å². The highest BCUT2D eigenvalue weighted by Crippen LogP contribution is 2.20. The summed E-state index contributed by atoms with van der Waals surface area (Å²) in [4.78, 5) is 0. The summed E-state index contributed by atoms with van der Waals surface area (Å²) >= 11 is 0. The summed E-state index contributed by atoms with van der Waals surface area (Å²) in [6, 6.07) is 20.9. The highest BCUT2D eigenvalue weighted by atomic mass is 19.2. The second-order valence-electron chi connectivity index (χ2n) is 5.32. The highest BCUT2D eigenvalue weighted by Gasteiger charge is 2.08. The molecule has 3 aromatic carbocycles. The molecule has 0 aliphatic heterocycles. The Labute approximate surface area is 144 Å². The molecule has 0 radical (unpaired) electrons. The summed E-state index contributed by atoms with van der Waals surface area (Å²) in [5.41, 5.74) is 5.59. The van der Waals surface area contributed by atoms with Gasteiger partial charge in [0.25, 0.3) is 0 Å². The van der Waals surface area contributed by atoms with E-state index in [0.29, 0.717) is 0 Å². The van der Waals surface area contributed by atoms with E-state index < -0.39 is 11.6 Å². The maximum Gasteiger partial charge on any atom is 0.200 e. The molecular formula is C20H16F2N2O. The molecular weight excluding hydrogens is 322 g/mol. The zero-order valence-electron chi connectivity index (χ0n) is 13.3. The predicted molar refractivity (Wildman–Crippen MR) is 94.8 cm³/mol. The van der Waals surface area contributed by atoms with Crippen LogP contribution in [0.1, 0.15) is 11.1 Å². The SMILES string of the molecule is Fc1cccc(OCc2ccc(C=NNc3ccccc3)cc2)c1F. The molecule has 0 bridgehead atoms. The Morgan fingerprint density at radius 1 is 0.880 bits per heavy atom. The van der Waals surface area contributed by atoms with Crippen molar-refractivity contribution in [2.24, 2.45) is 5.10 Å². The number of hydrogen-bond donors (Lipinski definition) is 1. The molecule has 0 amide bonds. The van der Waals surface area contributed by atoms with Crippen molar-refractivity contribution in [2.45, 2.75) is 6.61 Å². The summed E-state index contributed by atoms with van der Waals surface area (Å²) in [6.45, 7) is 0.153. The van der Waals surface area contributed by atoms with E-state index in [2.05, 4.69) is 10.5 Å². The van der Waals surface area contributed by atoms with Crippen molar-refractivity contribution in [3.05, 3.63) is 95.6 Å². The van der Waals surface area contributed by atoms with Gasteiger partial charge in [0.1, 0.15) is 6.61 Å². The first kappa shape index (κ1) is 16.6. The van der Waals surface area contributed by atoms with Crippen molar-refractivity contribution in [1.29, 1.82) is 0 Å². The second-order valence-corrected chi connectivity index (χ2v) is 5.32. The third-order valence-electron chi connectivity index (χ3n) is 3.47. The van der Waals surface area contributed by atoms with E-state index in [1.807, 2.05) is 54.6 Å². The van der Waals surface area contributed by atoms with Crippen molar-refractivity contribution in [3.63, 3.8) is 0 Å². The van der Waals surface area contributed by atoms with Gasteiger partial charge in [0.2, 0.25) is 5.82 Å². The monoisotopic (exact) mass is 338 g/mol. The third-order valence-corrected chi connectivity index (χ3v) is 3.47. The van der Waals surface area contributed by atoms with Crippen molar-refractivity contribution in [3.8, 4) is 5.75 Å². The molecule has 0 spiro atoms. The van der Waals surface area contributed by atoms with E-state index in [1.165, 1.54) is 12.1 Å². The second kappa shape index (κ2) is 8.06. The van der Waals surface area contributed by atoms with Crippen LogP contribution in [0.4, 0.5) is 14.5 Å². The van der Waals surface area contributed by atoms with Crippen molar-refractivity contribution >= 4 is 11.9 Å². The van der Waals surface area contributed by atoms with Crippen LogP contribution >= 0.6 is 0 Å². The molecule has 0 unspecified atom stereocenters. The molecule has 126 valence electrons. The molecule has 1 N–H and O–H groups in total. The van der Waals surface area contributed by atoms with E-state index >= 15 is 0 Å². The normalized spacial score (nSPS) is 10.8. The lowest BCUT2D eigenvalue weighted by atomic mass is 10.1. The molecule has 3 nitrogen and oxygen atoms in total. The lowest BCUT2D eigenvalue weighted by molar-refractivity contribution is 0.284. The Kier molecular flexibility index (Phi) is 5.36. The molecule has 0 saturated heterocycles. The maximum atomic E-state index is 13.5. The van der Waals surface area contributed by atoms with Crippen LogP contribution in [0.5, 0.6) is 5.75 Å². The largest absolute Gasteiger partial charge is 0.486 e. The standard InChI is InChI=1S/C20H16F2N2O/c21-18-7-4-8-19(20(18)22)25-14-16-11-9-15(10-12-16)13-23-24-17-5-2-1-3-6-17/h1-13,24H,14H2. The number of nitrogens with one attached hydrogen (secondary N) is 1. The number of rotatable bonds is 6. The number of halogens is 2. The first-order valence-electron chi connectivity index (χ1n) is 7.72. The Bertz CT molecular complexity index is 849. The Morgan fingerprint density at radius 2 is 1.64 bits per heavy atom. The average Bonchev–Trinajstić information content (AvgIpc) is 2.65. The Morgan fingerprint density at radius 3 is 2.40 bits per heavy atom. The Hall–Kier alpha value is -3.21. The zero-order chi connectivity index (χ0) is 17.5. The van der Waals surface area contributed by atoms with Gasteiger partial charge in [-0.25, -0.2) is 4.39 Å². The summed E-state index contributed by atoms with van der Waals surface area (Å²) in [7, 11) is 0. The van der Waals surface area contributed by atoms with Crippen LogP contribution < -0.4 is 10.2 Å². The molecule has 0 aromatic heterocycles. The quantitative estimate of drug-likeness (QED) is 0.507. The molecule has 0 aliphatic carbocycles. The van der Waals surface area contributed by atoms with Crippen LogP contribution in [0.25, 0.3) is 0 Å². The molecule has 25 heavy (non-hydrogen) atoms. The fourth-order valence-electron chi connectivity index (χ4n) is 2.15. The van der Waals surface area contributed by atoms with Crippen LogP contribution in [0.15, 0.2) is 77.9 Å². The van der Waals surface area contributed by atoms with E-state index in [9.17, 15) is 8.78 Å². The van der Waals surface area contributed by atoms with E-state index in [0.717, 1.165) is 22.9 Å². The molecule has 3 aromatic rings. The average molecular weight is 338 g/mol. The van der Waals surface area contributed by atoms with Gasteiger partial charge in [0.15, 0.2) is 11.6 Å². The minimum Gasteiger partial charge on any atom is -0.486 e. The van der Waals surface area contributed by atoms with Crippen LogP contribution in [0.3, 0.4) is 0 Å². The van der Waals surface area contributed by atoms with Crippen molar-refractivity contribution in [2.75, 3.05) is 5.43 Å². The molecule has 0 atom stereocenters. The minimum atomic E-state index is -0.974. The van der Waals surface area contributed by atoms with E-state index in [1.54, 1.807) is 6.21 Å². The summed E-state index contributed by atoms with van der Waals surface area (Å²) in [6.07, 6.45) is 1.70.